The Kier molecular flexibility index (Phi) is 4.33. The van der Waals surface area contributed by atoms with Crippen molar-refractivity contribution in [3.8, 4) is 5.75 Å². The number of carbonyl (C=O) groups excluding carboxylic acids is 1. The third kappa shape index (κ3) is 3.46. The van der Waals surface area contributed by atoms with Gasteiger partial charge in [-0.1, -0.05) is 30.3 Å². The number of hydrogen-bond donors (Lipinski definition) is 0. The first-order valence-electron chi connectivity index (χ1n) is 7.53. The molecule has 24 heavy (non-hydrogen) atoms. The van der Waals surface area contributed by atoms with Crippen LogP contribution in [-0.4, -0.2) is 25.1 Å². The number of nitrogens with zero attached hydrogens (tertiary/aromatic N) is 1. The molecule has 0 bridgehead atoms. The predicted molar refractivity (Wildman–Crippen MR) is 91.4 cm³/mol. The summed E-state index contributed by atoms with van der Waals surface area (Å²) in [5, 5.41) is 0.783. The van der Waals surface area contributed by atoms with Crippen LogP contribution < -0.4 is 10.4 Å². The van der Waals surface area contributed by atoms with Gasteiger partial charge in [0.15, 0.2) is 0 Å². The average Bonchev–Trinajstić information content (AvgIpc) is 2.56. The smallest absolute Gasteiger partial charge is 0.414 e. The SMILES string of the molecule is CN(C)C(=O)Oc1ccc2cc(Cc3ccccc3)c(=O)oc2c1. The molecule has 0 radical (unpaired) electrons. The van der Waals surface area contributed by atoms with Crippen LogP contribution >= 0.6 is 0 Å². The lowest BCUT2D eigenvalue weighted by Crippen LogP contribution is -2.25. The zero-order chi connectivity index (χ0) is 17.1. The summed E-state index contributed by atoms with van der Waals surface area (Å²) in [6.45, 7) is 0. The molecule has 0 unspecified atom stereocenters. The van der Waals surface area contributed by atoms with E-state index in [1.165, 1.54) is 4.90 Å². The minimum atomic E-state index is -0.489. The second-order valence-electron chi connectivity index (χ2n) is 5.68. The number of amides is 1. The fourth-order valence-electron chi connectivity index (χ4n) is 2.33. The normalized spacial score (nSPS) is 10.6. The highest BCUT2D eigenvalue weighted by molar-refractivity contribution is 5.80. The third-order valence-corrected chi connectivity index (χ3v) is 3.59. The van der Waals surface area contributed by atoms with Crippen molar-refractivity contribution in [1.29, 1.82) is 0 Å². The van der Waals surface area contributed by atoms with E-state index in [0.29, 0.717) is 23.3 Å². The van der Waals surface area contributed by atoms with Gasteiger partial charge in [0, 0.05) is 37.5 Å². The number of carbonyl (C=O) groups is 1. The number of fused-ring (bicyclic) bond motifs is 1. The van der Waals surface area contributed by atoms with E-state index < -0.39 is 6.09 Å². The first-order valence-corrected chi connectivity index (χ1v) is 7.53. The predicted octanol–water partition coefficient (Wildman–Crippen LogP) is 3.44. The molecule has 122 valence electrons. The standard InChI is InChI=1S/C19H17NO4/c1-20(2)19(22)23-16-9-8-14-11-15(18(21)24-17(14)12-16)10-13-6-4-3-5-7-13/h3-9,11-12H,10H2,1-2H3. The Balaban J connectivity index is 1.92. The molecule has 2 aromatic carbocycles. The van der Waals surface area contributed by atoms with Gasteiger partial charge in [0.25, 0.3) is 0 Å². The summed E-state index contributed by atoms with van der Waals surface area (Å²) in [6.07, 6.45) is 0.0219. The lowest BCUT2D eigenvalue weighted by atomic mass is 10.1. The summed E-state index contributed by atoms with van der Waals surface area (Å²) in [5.41, 5.74) is 1.63. The average molecular weight is 323 g/mol. The lowest BCUT2D eigenvalue weighted by Gasteiger charge is -2.11. The Morgan fingerprint density at radius 1 is 1.08 bits per heavy atom. The molecular weight excluding hydrogens is 306 g/mol. The molecule has 5 nitrogen and oxygen atoms in total. The lowest BCUT2D eigenvalue weighted by molar-refractivity contribution is 0.172. The molecule has 1 amide bonds. The zero-order valence-corrected chi connectivity index (χ0v) is 13.5. The van der Waals surface area contributed by atoms with Gasteiger partial charge in [0.05, 0.1) is 0 Å². The van der Waals surface area contributed by atoms with Crippen molar-refractivity contribution in [2.24, 2.45) is 0 Å². The minimum absolute atomic E-state index is 0.333. The Labute approximate surface area is 139 Å². The molecule has 0 atom stereocenters. The molecule has 0 aliphatic heterocycles. The van der Waals surface area contributed by atoms with E-state index in [4.69, 9.17) is 9.15 Å². The van der Waals surface area contributed by atoms with Crippen LogP contribution in [0, 0.1) is 0 Å². The first-order chi connectivity index (χ1) is 11.5. The molecule has 0 N–H and O–H groups in total. The molecule has 0 saturated heterocycles. The highest BCUT2D eigenvalue weighted by atomic mass is 16.6. The van der Waals surface area contributed by atoms with E-state index in [1.807, 2.05) is 36.4 Å². The fourth-order valence-corrected chi connectivity index (χ4v) is 2.33. The van der Waals surface area contributed by atoms with Crippen LogP contribution in [0.4, 0.5) is 4.79 Å². The summed E-state index contributed by atoms with van der Waals surface area (Å²) in [5.74, 6) is 0.333. The van der Waals surface area contributed by atoms with Gasteiger partial charge in [-0.15, -0.1) is 0 Å². The maximum Gasteiger partial charge on any atom is 0.414 e. The first kappa shape index (κ1) is 15.8. The van der Waals surface area contributed by atoms with Crippen molar-refractivity contribution in [3.63, 3.8) is 0 Å². The van der Waals surface area contributed by atoms with Crippen molar-refractivity contribution in [2.75, 3.05) is 14.1 Å². The Hall–Kier alpha value is -3.08. The number of rotatable bonds is 3. The van der Waals surface area contributed by atoms with Gasteiger partial charge in [-0.2, -0.15) is 0 Å². The van der Waals surface area contributed by atoms with E-state index >= 15 is 0 Å². The van der Waals surface area contributed by atoms with Gasteiger partial charge in [-0.25, -0.2) is 9.59 Å². The summed E-state index contributed by atoms with van der Waals surface area (Å²) in [4.78, 5) is 25.1. The van der Waals surface area contributed by atoms with Crippen molar-refractivity contribution in [2.45, 2.75) is 6.42 Å². The fraction of sp³-hybridized carbons (Fsp3) is 0.158. The molecule has 1 aromatic heterocycles. The van der Waals surface area contributed by atoms with E-state index in [2.05, 4.69) is 0 Å². The van der Waals surface area contributed by atoms with Crippen LogP contribution in [-0.2, 0) is 6.42 Å². The Morgan fingerprint density at radius 2 is 1.83 bits per heavy atom. The van der Waals surface area contributed by atoms with Crippen LogP contribution in [0.15, 0.2) is 63.8 Å². The zero-order valence-electron chi connectivity index (χ0n) is 13.5. The van der Waals surface area contributed by atoms with Crippen LogP contribution in [0.5, 0.6) is 5.75 Å². The molecule has 3 aromatic rings. The van der Waals surface area contributed by atoms with E-state index in [9.17, 15) is 9.59 Å². The monoisotopic (exact) mass is 323 g/mol. The molecule has 0 fully saturated rings. The number of ether oxygens (including phenoxy) is 1. The molecule has 0 saturated carbocycles. The topological polar surface area (TPSA) is 59.8 Å². The molecule has 1 heterocycles. The number of benzene rings is 2. The van der Waals surface area contributed by atoms with E-state index in [1.54, 1.807) is 32.3 Å². The van der Waals surface area contributed by atoms with Gasteiger partial charge < -0.3 is 14.1 Å². The molecule has 5 heteroatoms. The van der Waals surface area contributed by atoms with Gasteiger partial charge in [0.1, 0.15) is 11.3 Å². The summed E-state index contributed by atoms with van der Waals surface area (Å²) >= 11 is 0. The van der Waals surface area contributed by atoms with Crippen LogP contribution in [0.1, 0.15) is 11.1 Å². The molecule has 3 rings (SSSR count). The van der Waals surface area contributed by atoms with Crippen molar-refractivity contribution in [1.82, 2.24) is 4.90 Å². The van der Waals surface area contributed by atoms with Crippen LogP contribution in [0.2, 0.25) is 0 Å². The van der Waals surface area contributed by atoms with Crippen molar-refractivity contribution in [3.05, 3.63) is 76.1 Å². The third-order valence-electron chi connectivity index (χ3n) is 3.59. The van der Waals surface area contributed by atoms with Gasteiger partial charge in [-0.05, 0) is 23.8 Å². The van der Waals surface area contributed by atoms with E-state index in [-0.39, 0.29) is 5.63 Å². The van der Waals surface area contributed by atoms with E-state index in [0.717, 1.165) is 10.9 Å². The molecule has 0 spiro atoms. The van der Waals surface area contributed by atoms with Crippen LogP contribution in [0.25, 0.3) is 11.0 Å². The maximum atomic E-state index is 12.2. The summed E-state index contributed by atoms with van der Waals surface area (Å²) < 4.78 is 10.6. The second kappa shape index (κ2) is 6.58. The van der Waals surface area contributed by atoms with Gasteiger partial charge >= 0.3 is 11.7 Å². The minimum Gasteiger partial charge on any atom is -0.422 e. The summed E-state index contributed by atoms with van der Waals surface area (Å²) in [6, 6.07) is 16.5. The quantitative estimate of drug-likeness (QED) is 0.693. The van der Waals surface area contributed by atoms with Crippen molar-refractivity contribution < 1.29 is 13.9 Å². The second-order valence-corrected chi connectivity index (χ2v) is 5.68. The Morgan fingerprint density at radius 3 is 2.54 bits per heavy atom. The highest BCUT2D eigenvalue weighted by Gasteiger charge is 2.10. The number of hydrogen-bond acceptors (Lipinski definition) is 4. The Bertz CT molecular complexity index is 929. The largest absolute Gasteiger partial charge is 0.422 e. The van der Waals surface area contributed by atoms with Crippen molar-refractivity contribution >= 4 is 17.1 Å². The van der Waals surface area contributed by atoms with Gasteiger partial charge in [0.2, 0.25) is 0 Å². The summed E-state index contributed by atoms with van der Waals surface area (Å²) in [7, 11) is 3.19. The molecular formula is C19H17NO4. The highest BCUT2D eigenvalue weighted by Crippen LogP contribution is 2.21. The van der Waals surface area contributed by atoms with Gasteiger partial charge in [-0.3, -0.25) is 0 Å². The van der Waals surface area contributed by atoms with Crippen LogP contribution in [0.3, 0.4) is 0 Å². The molecule has 0 aliphatic carbocycles. The maximum absolute atomic E-state index is 12.2. The molecule has 0 aliphatic rings.